The number of fused-ring (bicyclic) bond motifs is 1. The quantitative estimate of drug-likeness (QED) is 0.730. The summed E-state index contributed by atoms with van der Waals surface area (Å²) in [5.74, 6) is 3.49. The zero-order valence-corrected chi connectivity index (χ0v) is 14.8. The summed E-state index contributed by atoms with van der Waals surface area (Å²) in [6, 6.07) is 2.26. The minimum atomic E-state index is 0.263. The van der Waals surface area contributed by atoms with Gasteiger partial charge in [0.15, 0.2) is 5.82 Å². The van der Waals surface area contributed by atoms with Crippen LogP contribution in [0.5, 0.6) is 0 Å². The van der Waals surface area contributed by atoms with Gasteiger partial charge in [0.25, 0.3) is 0 Å². The molecule has 1 aliphatic heterocycles. The summed E-state index contributed by atoms with van der Waals surface area (Å²) < 4.78 is 3.65. The smallest absolute Gasteiger partial charge is 0.155 e. The molecule has 0 saturated carbocycles. The van der Waals surface area contributed by atoms with Crippen LogP contribution in [0.4, 0.5) is 5.82 Å². The van der Waals surface area contributed by atoms with Crippen LogP contribution in [0.1, 0.15) is 12.8 Å². The van der Waals surface area contributed by atoms with Crippen molar-refractivity contribution in [2.45, 2.75) is 18.9 Å². The van der Waals surface area contributed by atoms with Crippen LogP contribution < -0.4 is 10.2 Å². The third kappa shape index (κ3) is 3.02. The molecule has 0 bridgehead atoms. The van der Waals surface area contributed by atoms with Crippen LogP contribution in [0.15, 0.2) is 43.1 Å². The molecule has 1 aliphatic rings. The number of anilines is 1. The van der Waals surface area contributed by atoms with E-state index in [0.29, 0.717) is 5.70 Å². The van der Waals surface area contributed by atoms with Gasteiger partial charge in [-0.05, 0) is 18.9 Å². The number of allylic oxidation sites excluding steroid dienone is 1. The first-order valence-corrected chi connectivity index (χ1v) is 8.64. The zero-order chi connectivity index (χ0) is 18.1. The van der Waals surface area contributed by atoms with E-state index in [2.05, 4.69) is 32.9 Å². The molecule has 1 fully saturated rings. The van der Waals surface area contributed by atoms with Crippen molar-refractivity contribution < 1.29 is 0 Å². The molecule has 4 heterocycles. The second kappa shape index (κ2) is 6.56. The fraction of sp³-hybridized carbons (Fsp3) is 0.316. The monoisotopic (exact) mass is 347 g/mol. The van der Waals surface area contributed by atoms with E-state index in [-0.39, 0.29) is 6.04 Å². The highest BCUT2D eigenvalue weighted by atomic mass is 15.3. The fourth-order valence-electron chi connectivity index (χ4n) is 3.41. The molecule has 1 saturated heterocycles. The molecule has 26 heavy (non-hydrogen) atoms. The van der Waals surface area contributed by atoms with Crippen molar-refractivity contribution in [2.24, 2.45) is 7.05 Å². The normalized spacial score (nSPS) is 17.2. The highest BCUT2D eigenvalue weighted by Crippen LogP contribution is 2.27. The first kappa shape index (κ1) is 16.2. The summed E-state index contributed by atoms with van der Waals surface area (Å²) in [7, 11) is 1.90. The Balaban J connectivity index is 1.70. The Morgan fingerprint density at radius 3 is 3.04 bits per heavy atom. The Kier molecular flexibility index (Phi) is 4.09. The van der Waals surface area contributed by atoms with Gasteiger partial charge in [0.05, 0.1) is 30.0 Å². The van der Waals surface area contributed by atoms with Gasteiger partial charge in [-0.2, -0.15) is 10.2 Å². The van der Waals surface area contributed by atoms with Crippen molar-refractivity contribution in [3.05, 3.63) is 43.1 Å². The number of nitrogens with zero attached hydrogens (tertiary/aromatic N) is 6. The van der Waals surface area contributed by atoms with Gasteiger partial charge in [-0.15, -0.1) is 6.42 Å². The fourth-order valence-corrected chi connectivity index (χ4v) is 3.41. The van der Waals surface area contributed by atoms with E-state index in [1.54, 1.807) is 10.9 Å². The summed E-state index contributed by atoms with van der Waals surface area (Å²) in [5.41, 5.74) is 3.45. The number of terminal acetylenes is 1. The average molecular weight is 347 g/mol. The average Bonchev–Trinajstić information content (AvgIpc) is 3.29. The molecule has 132 valence electrons. The zero-order valence-electron chi connectivity index (χ0n) is 14.8. The SMILES string of the molecule is C#CC(=C)NC1CCCN(c2nc(-c3cnn(C)c3)cn3nccc23)C1. The second-order valence-electron chi connectivity index (χ2n) is 6.57. The maximum atomic E-state index is 5.42. The lowest BCUT2D eigenvalue weighted by molar-refractivity contribution is 0.455. The topological polar surface area (TPSA) is 63.3 Å². The Labute approximate surface area is 152 Å². The predicted octanol–water partition coefficient (Wildman–Crippen LogP) is 1.84. The molecule has 0 radical (unpaired) electrons. The van der Waals surface area contributed by atoms with E-state index in [0.717, 1.165) is 48.5 Å². The molecule has 1 N–H and O–H groups in total. The maximum absolute atomic E-state index is 5.42. The Hall–Kier alpha value is -3.27. The lowest BCUT2D eigenvalue weighted by atomic mass is 10.1. The lowest BCUT2D eigenvalue weighted by Gasteiger charge is -2.34. The van der Waals surface area contributed by atoms with Crippen LogP contribution in [0, 0.1) is 12.3 Å². The number of aromatic nitrogens is 5. The van der Waals surface area contributed by atoms with E-state index in [1.807, 2.05) is 36.2 Å². The van der Waals surface area contributed by atoms with Gasteiger partial charge in [-0.25, -0.2) is 9.50 Å². The van der Waals surface area contributed by atoms with Gasteiger partial charge < -0.3 is 10.2 Å². The molecule has 0 aliphatic carbocycles. The van der Waals surface area contributed by atoms with Crippen LogP contribution in [0.25, 0.3) is 16.8 Å². The number of piperidine rings is 1. The van der Waals surface area contributed by atoms with Gasteiger partial charge >= 0.3 is 0 Å². The largest absolute Gasteiger partial charge is 0.374 e. The number of aryl methyl sites for hydroxylation is 1. The predicted molar refractivity (Wildman–Crippen MR) is 102 cm³/mol. The van der Waals surface area contributed by atoms with Crippen molar-refractivity contribution >= 4 is 11.3 Å². The van der Waals surface area contributed by atoms with E-state index in [4.69, 9.17) is 11.4 Å². The van der Waals surface area contributed by atoms with Crippen molar-refractivity contribution in [3.8, 4) is 23.6 Å². The van der Waals surface area contributed by atoms with Gasteiger partial charge in [-0.1, -0.05) is 12.5 Å². The van der Waals surface area contributed by atoms with Crippen LogP contribution in [-0.4, -0.2) is 43.5 Å². The molecule has 0 aromatic carbocycles. The Morgan fingerprint density at radius 1 is 1.38 bits per heavy atom. The van der Waals surface area contributed by atoms with E-state index in [1.165, 1.54) is 0 Å². The number of nitrogens with one attached hydrogen (secondary N) is 1. The summed E-state index contributed by atoms with van der Waals surface area (Å²) in [4.78, 5) is 7.23. The summed E-state index contributed by atoms with van der Waals surface area (Å²) >= 11 is 0. The van der Waals surface area contributed by atoms with Crippen LogP contribution in [0.3, 0.4) is 0 Å². The van der Waals surface area contributed by atoms with Crippen molar-refractivity contribution in [1.29, 1.82) is 0 Å². The molecular weight excluding hydrogens is 326 g/mol. The summed E-state index contributed by atoms with van der Waals surface area (Å²) in [5, 5.41) is 12.0. The van der Waals surface area contributed by atoms with Gasteiger partial charge in [0, 0.05) is 37.9 Å². The first-order chi connectivity index (χ1) is 12.6. The summed E-state index contributed by atoms with van der Waals surface area (Å²) in [6.07, 6.45) is 15.1. The highest BCUT2D eigenvalue weighted by molar-refractivity contribution is 5.72. The standard InChI is InChI=1S/C19H21N7/c1-4-14(2)22-16-6-5-9-25(12-16)19-18-7-8-20-26(18)13-17(23-19)15-10-21-24(3)11-15/h1,7-8,10-11,13,16,22H,2,5-6,9,12H2,3H3. The van der Waals surface area contributed by atoms with Crippen molar-refractivity contribution in [3.63, 3.8) is 0 Å². The molecular formula is C19H21N7. The third-order valence-electron chi connectivity index (χ3n) is 4.64. The van der Waals surface area contributed by atoms with Crippen LogP contribution in [0.2, 0.25) is 0 Å². The minimum Gasteiger partial charge on any atom is -0.374 e. The molecule has 7 heteroatoms. The maximum Gasteiger partial charge on any atom is 0.155 e. The number of hydrogen-bond acceptors (Lipinski definition) is 5. The number of rotatable bonds is 4. The van der Waals surface area contributed by atoms with Crippen molar-refractivity contribution in [2.75, 3.05) is 18.0 Å². The molecule has 1 unspecified atom stereocenters. The Bertz CT molecular complexity index is 991. The van der Waals surface area contributed by atoms with Gasteiger partial charge in [-0.3, -0.25) is 4.68 Å². The molecule has 3 aromatic rings. The van der Waals surface area contributed by atoms with Crippen LogP contribution >= 0.6 is 0 Å². The third-order valence-corrected chi connectivity index (χ3v) is 4.64. The van der Waals surface area contributed by atoms with Crippen molar-refractivity contribution in [1.82, 2.24) is 29.7 Å². The van der Waals surface area contributed by atoms with E-state index >= 15 is 0 Å². The summed E-state index contributed by atoms with van der Waals surface area (Å²) in [6.45, 7) is 5.63. The second-order valence-corrected chi connectivity index (χ2v) is 6.57. The molecule has 1 atom stereocenters. The van der Waals surface area contributed by atoms with E-state index < -0.39 is 0 Å². The lowest BCUT2D eigenvalue weighted by Crippen LogP contribution is -2.45. The molecule has 7 nitrogen and oxygen atoms in total. The molecule has 4 rings (SSSR count). The highest BCUT2D eigenvalue weighted by Gasteiger charge is 2.23. The number of hydrogen-bond donors (Lipinski definition) is 1. The minimum absolute atomic E-state index is 0.263. The van der Waals surface area contributed by atoms with Crippen LogP contribution in [-0.2, 0) is 7.05 Å². The van der Waals surface area contributed by atoms with Gasteiger partial charge in [0.1, 0.15) is 5.52 Å². The first-order valence-electron chi connectivity index (χ1n) is 8.64. The van der Waals surface area contributed by atoms with E-state index in [9.17, 15) is 0 Å². The Morgan fingerprint density at radius 2 is 2.27 bits per heavy atom. The van der Waals surface area contributed by atoms with Gasteiger partial charge in [0.2, 0.25) is 0 Å². The molecule has 0 spiro atoms. The molecule has 3 aromatic heterocycles. The molecule has 0 amide bonds.